The molecule has 2 heterocycles. The molecule has 0 amide bonds. The Hall–Kier alpha value is -3.00. The molecule has 4 aromatic carbocycles. The zero-order valence-corrected chi connectivity index (χ0v) is 16.0. The molecule has 0 saturated heterocycles. The predicted octanol–water partition coefficient (Wildman–Crippen LogP) is 6.38. The predicted molar refractivity (Wildman–Crippen MR) is 121 cm³/mol. The average Bonchev–Trinajstić information content (AvgIpc) is 2.75. The maximum Gasteiger partial charge on any atom is 0.0379 e. The Bertz CT molecular complexity index is 1120. The van der Waals surface area contributed by atoms with Gasteiger partial charge in [0.15, 0.2) is 0 Å². The highest BCUT2D eigenvalue weighted by atomic mass is 14.9. The normalized spacial score (nSPS) is 15.6. The molecule has 0 unspecified atom stereocenters. The summed E-state index contributed by atoms with van der Waals surface area (Å²) in [7, 11) is 0. The number of anilines is 2. The average molecular weight is 364 g/mol. The lowest BCUT2D eigenvalue weighted by Gasteiger charge is -2.21. The van der Waals surface area contributed by atoms with Gasteiger partial charge in [0.2, 0.25) is 0 Å². The molecule has 2 heteroatoms. The molecule has 0 aliphatic carbocycles. The third-order valence-electron chi connectivity index (χ3n) is 6.38. The molecule has 0 spiro atoms. The maximum atomic E-state index is 3.57. The molecular formula is C26H24N2. The highest BCUT2D eigenvalue weighted by Crippen LogP contribution is 2.39. The van der Waals surface area contributed by atoms with Gasteiger partial charge < -0.3 is 10.6 Å². The summed E-state index contributed by atoms with van der Waals surface area (Å²) in [6.45, 7) is 2.17. The molecular weight excluding hydrogens is 340 g/mol. The molecule has 0 saturated carbocycles. The van der Waals surface area contributed by atoms with Crippen molar-refractivity contribution < 1.29 is 0 Å². The van der Waals surface area contributed by atoms with Crippen molar-refractivity contribution in [1.82, 2.24) is 0 Å². The molecule has 2 aliphatic heterocycles. The summed E-state index contributed by atoms with van der Waals surface area (Å²) in [5.41, 5.74) is 8.23. The van der Waals surface area contributed by atoms with Crippen LogP contribution < -0.4 is 10.6 Å². The second-order valence-corrected chi connectivity index (χ2v) is 8.13. The molecule has 2 nitrogen and oxygen atoms in total. The van der Waals surface area contributed by atoms with Gasteiger partial charge in [-0.2, -0.15) is 0 Å². The van der Waals surface area contributed by atoms with Crippen LogP contribution in [0, 0.1) is 0 Å². The van der Waals surface area contributed by atoms with E-state index < -0.39 is 0 Å². The SMILES string of the molecule is c1cc(-c2cccc3cc4c(cc23)CCCN4)c2cc3c(cc2c1)NCCC3. The van der Waals surface area contributed by atoms with E-state index in [1.807, 2.05) is 0 Å². The molecule has 2 N–H and O–H groups in total. The first-order valence-corrected chi connectivity index (χ1v) is 10.5. The molecule has 6 rings (SSSR count). The van der Waals surface area contributed by atoms with Crippen molar-refractivity contribution in [2.24, 2.45) is 0 Å². The molecule has 4 aromatic rings. The van der Waals surface area contributed by atoms with Crippen molar-refractivity contribution in [2.45, 2.75) is 25.7 Å². The minimum atomic E-state index is 1.08. The first-order chi connectivity index (χ1) is 13.9. The Balaban J connectivity index is 1.62. The lowest BCUT2D eigenvalue weighted by atomic mass is 9.89. The number of hydrogen-bond donors (Lipinski definition) is 2. The number of benzene rings is 4. The van der Waals surface area contributed by atoms with Crippen molar-refractivity contribution >= 4 is 32.9 Å². The van der Waals surface area contributed by atoms with Gasteiger partial charge in [-0.25, -0.2) is 0 Å². The summed E-state index contributed by atoms with van der Waals surface area (Å²) in [6.07, 6.45) is 4.77. The monoisotopic (exact) mass is 364 g/mol. The summed E-state index contributed by atoms with van der Waals surface area (Å²) in [4.78, 5) is 0. The lowest BCUT2D eigenvalue weighted by Crippen LogP contribution is -2.11. The molecule has 138 valence electrons. The molecule has 0 fully saturated rings. The van der Waals surface area contributed by atoms with Crippen LogP contribution in [0.4, 0.5) is 11.4 Å². The summed E-state index contributed by atoms with van der Waals surface area (Å²) in [6, 6.07) is 23.0. The van der Waals surface area contributed by atoms with Crippen LogP contribution in [0.2, 0.25) is 0 Å². The van der Waals surface area contributed by atoms with E-state index in [9.17, 15) is 0 Å². The Morgan fingerprint density at radius 3 is 1.57 bits per heavy atom. The van der Waals surface area contributed by atoms with E-state index in [2.05, 4.69) is 71.3 Å². The molecule has 28 heavy (non-hydrogen) atoms. The van der Waals surface area contributed by atoms with E-state index in [0.717, 1.165) is 13.1 Å². The van der Waals surface area contributed by atoms with Crippen LogP contribution in [-0.2, 0) is 12.8 Å². The van der Waals surface area contributed by atoms with Gasteiger partial charge in [-0.15, -0.1) is 0 Å². The molecule has 0 bridgehead atoms. The highest BCUT2D eigenvalue weighted by molar-refractivity contribution is 6.07. The summed E-state index contributed by atoms with van der Waals surface area (Å²) < 4.78 is 0. The van der Waals surface area contributed by atoms with Crippen LogP contribution in [0.3, 0.4) is 0 Å². The number of hydrogen-bond acceptors (Lipinski definition) is 2. The van der Waals surface area contributed by atoms with Crippen LogP contribution in [0.15, 0.2) is 60.7 Å². The van der Waals surface area contributed by atoms with Crippen molar-refractivity contribution in [1.29, 1.82) is 0 Å². The van der Waals surface area contributed by atoms with Gasteiger partial charge >= 0.3 is 0 Å². The zero-order valence-electron chi connectivity index (χ0n) is 16.0. The van der Waals surface area contributed by atoms with Gasteiger partial charge in [-0.1, -0.05) is 36.4 Å². The van der Waals surface area contributed by atoms with Gasteiger partial charge in [0.05, 0.1) is 0 Å². The van der Waals surface area contributed by atoms with Gasteiger partial charge in [-0.05, 0) is 93.7 Å². The van der Waals surface area contributed by atoms with Crippen LogP contribution in [0.5, 0.6) is 0 Å². The van der Waals surface area contributed by atoms with Crippen LogP contribution >= 0.6 is 0 Å². The Morgan fingerprint density at radius 2 is 1.07 bits per heavy atom. The molecule has 0 atom stereocenters. The Labute approximate surface area is 165 Å². The minimum absolute atomic E-state index is 1.08. The number of aryl methyl sites for hydroxylation is 2. The number of fused-ring (bicyclic) bond motifs is 4. The fourth-order valence-electron chi connectivity index (χ4n) is 4.96. The van der Waals surface area contributed by atoms with Crippen molar-refractivity contribution in [2.75, 3.05) is 23.7 Å². The van der Waals surface area contributed by atoms with Gasteiger partial charge in [-0.3, -0.25) is 0 Å². The molecule has 2 aliphatic rings. The minimum Gasteiger partial charge on any atom is -0.385 e. The van der Waals surface area contributed by atoms with Crippen molar-refractivity contribution in [3.05, 3.63) is 71.8 Å². The van der Waals surface area contributed by atoms with Crippen LogP contribution in [0.1, 0.15) is 24.0 Å². The van der Waals surface area contributed by atoms with E-state index in [1.54, 1.807) is 0 Å². The smallest absolute Gasteiger partial charge is 0.0379 e. The molecule has 0 radical (unpaired) electrons. The lowest BCUT2D eigenvalue weighted by molar-refractivity contribution is 0.832. The van der Waals surface area contributed by atoms with E-state index in [-0.39, 0.29) is 0 Å². The van der Waals surface area contributed by atoms with E-state index >= 15 is 0 Å². The fraction of sp³-hybridized carbons (Fsp3) is 0.231. The fourth-order valence-corrected chi connectivity index (χ4v) is 4.96. The Kier molecular flexibility index (Phi) is 3.58. The maximum absolute atomic E-state index is 3.57. The van der Waals surface area contributed by atoms with Crippen LogP contribution in [-0.4, -0.2) is 13.1 Å². The quantitative estimate of drug-likeness (QED) is 0.410. The Morgan fingerprint density at radius 1 is 0.571 bits per heavy atom. The second kappa shape index (κ2) is 6.27. The number of nitrogens with one attached hydrogen (secondary N) is 2. The first kappa shape index (κ1) is 16.0. The summed E-state index contributed by atoms with van der Waals surface area (Å²) >= 11 is 0. The van der Waals surface area contributed by atoms with Crippen molar-refractivity contribution in [3.8, 4) is 11.1 Å². The molecule has 0 aromatic heterocycles. The van der Waals surface area contributed by atoms with Gasteiger partial charge in [0.1, 0.15) is 0 Å². The summed E-state index contributed by atoms with van der Waals surface area (Å²) in [5, 5.41) is 12.5. The standard InChI is InChI=1S/C26H24N2/c1-5-17-15-25-19(7-3-11-27-25)13-23(17)21(9-1)22-10-2-6-18-16-26-20(14-24(18)22)8-4-12-28-26/h1-2,5-6,9-10,13-16,27-28H,3-4,7-8,11-12H2. The van der Waals surface area contributed by atoms with Crippen molar-refractivity contribution in [3.63, 3.8) is 0 Å². The van der Waals surface area contributed by atoms with E-state index in [4.69, 9.17) is 0 Å². The van der Waals surface area contributed by atoms with Gasteiger partial charge in [0, 0.05) is 24.5 Å². The largest absolute Gasteiger partial charge is 0.385 e. The second-order valence-electron chi connectivity index (χ2n) is 8.13. The van der Waals surface area contributed by atoms with Crippen LogP contribution in [0.25, 0.3) is 32.7 Å². The third kappa shape index (κ3) is 2.48. The third-order valence-corrected chi connectivity index (χ3v) is 6.38. The zero-order chi connectivity index (χ0) is 18.5. The van der Waals surface area contributed by atoms with Gasteiger partial charge in [0.25, 0.3) is 0 Å². The van der Waals surface area contributed by atoms with E-state index in [1.165, 1.54) is 80.9 Å². The first-order valence-electron chi connectivity index (χ1n) is 10.5. The highest BCUT2D eigenvalue weighted by Gasteiger charge is 2.15. The topological polar surface area (TPSA) is 24.1 Å². The number of rotatable bonds is 1. The summed E-state index contributed by atoms with van der Waals surface area (Å²) in [5.74, 6) is 0. The van der Waals surface area contributed by atoms with E-state index in [0.29, 0.717) is 0 Å².